The van der Waals surface area contributed by atoms with Crippen molar-refractivity contribution in [1.29, 1.82) is 0 Å². The van der Waals surface area contributed by atoms with Crippen molar-refractivity contribution in [2.24, 2.45) is 0 Å². The fourth-order valence-electron chi connectivity index (χ4n) is 6.22. The largest absolute Gasteiger partial charge is 0.276 e. The minimum Gasteiger partial charge on any atom is -0.276 e. The highest BCUT2D eigenvalue weighted by Crippen LogP contribution is 2.41. The second-order valence-corrected chi connectivity index (χ2v) is 11.3. The number of nitrogens with zero attached hydrogens (tertiary/aromatic N) is 7. The van der Waals surface area contributed by atoms with Gasteiger partial charge in [-0.3, -0.25) is 9.13 Å². The fraction of sp³-hybridized carbons (Fsp3) is 0.0750. The lowest BCUT2D eigenvalue weighted by Crippen LogP contribution is -2.07. The number of fused-ring (bicyclic) bond motifs is 7. The van der Waals surface area contributed by atoms with E-state index >= 15 is 0 Å². The molecule has 0 N–H and O–H groups in total. The maximum atomic E-state index is 5.14. The summed E-state index contributed by atoms with van der Waals surface area (Å²) in [6.45, 7) is 4.25. The third kappa shape index (κ3) is 5.16. The van der Waals surface area contributed by atoms with Crippen LogP contribution in [0.5, 0.6) is 0 Å². The summed E-state index contributed by atoms with van der Waals surface area (Å²) in [6, 6.07) is 43.2. The normalized spacial score (nSPS) is 11.0. The average molecular weight is 644 g/mol. The Hall–Kier alpha value is -5.86. The Bertz CT molecular complexity index is 2450. The maximum Gasteiger partial charge on any atom is 0.238 e. The van der Waals surface area contributed by atoms with E-state index in [4.69, 9.17) is 24.9 Å². The number of hydrogen-bond acceptors (Lipinski definition) is 5. The third-order valence-corrected chi connectivity index (χ3v) is 8.11. The van der Waals surface area contributed by atoms with Gasteiger partial charge in [-0.05, 0) is 18.2 Å². The van der Waals surface area contributed by atoms with Crippen molar-refractivity contribution >= 4 is 57.1 Å². The summed E-state index contributed by atoms with van der Waals surface area (Å²) < 4.78 is 4.33. The van der Waals surface area contributed by atoms with Crippen LogP contribution in [-0.4, -0.2) is 34.1 Å². The van der Waals surface area contributed by atoms with E-state index in [-0.39, 0.29) is 13.5 Å². The van der Waals surface area contributed by atoms with Crippen LogP contribution in [0.4, 0.5) is 0 Å². The Labute approximate surface area is 285 Å². The van der Waals surface area contributed by atoms with Crippen LogP contribution in [0.3, 0.4) is 0 Å². The van der Waals surface area contributed by atoms with Gasteiger partial charge in [0.25, 0.3) is 0 Å². The second-order valence-electron chi connectivity index (χ2n) is 11.3. The van der Waals surface area contributed by atoms with E-state index in [1.165, 1.54) is 6.42 Å². The van der Waals surface area contributed by atoms with Crippen LogP contribution >= 0.6 is 13.5 Å². The molecule has 0 aliphatic heterocycles. The third-order valence-electron chi connectivity index (χ3n) is 8.11. The quantitative estimate of drug-likeness (QED) is 0.191. The SMILES string of the molecule is CCC.S.c1ccc(-c2nc(-c3ccccc3)nc(-n3c4ccccc4c4ccc5c6ccccc6n(-c6ncccn6)c5c43)n2)cc1. The highest BCUT2D eigenvalue weighted by atomic mass is 32.1. The van der Waals surface area contributed by atoms with Crippen molar-refractivity contribution in [3.63, 3.8) is 0 Å². The number of aromatic nitrogens is 7. The zero-order valence-electron chi connectivity index (χ0n) is 26.6. The highest BCUT2D eigenvalue weighted by molar-refractivity contribution is 7.59. The van der Waals surface area contributed by atoms with Crippen molar-refractivity contribution in [1.82, 2.24) is 34.1 Å². The molecule has 9 rings (SSSR count). The summed E-state index contributed by atoms with van der Waals surface area (Å²) in [6.07, 6.45) is 4.81. The van der Waals surface area contributed by atoms with Crippen molar-refractivity contribution in [2.75, 3.05) is 0 Å². The van der Waals surface area contributed by atoms with Gasteiger partial charge in [0.1, 0.15) is 0 Å². The highest BCUT2D eigenvalue weighted by Gasteiger charge is 2.23. The van der Waals surface area contributed by atoms with E-state index < -0.39 is 0 Å². The molecule has 7 nitrogen and oxygen atoms in total. The molecule has 9 aromatic rings. The lowest BCUT2D eigenvalue weighted by molar-refractivity contribution is 0.949. The van der Waals surface area contributed by atoms with Crippen LogP contribution < -0.4 is 0 Å². The van der Waals surface area contributed by atoms with E-state index in [2.05, 4.69) is 83.6 Å². The number of benzene rings is 5. The second kappa shape index (κ2) is 13.1. The molecule has 0 aliphatic rings. The number of para-hydroxylation sites is 2. The summed E-state index contributed by atoms with van der Waals surface area (Å²) in [5.74, 6) is 2.37. The molecule has 0 atom stereocenters. The number of hydrogen-bond donors (Lipinski definition) is 0. The molecule has 0 saturated carbocycles. The van der Waals surface area contributed by atoms with Crippen molar-refractivity contribution in [2.45, 2.75) is 20.3 Å². The van der Waals surface area contributed by atoms with Gasteiger partial charge >= 0.3 is 0 Å². The van der Waals surface area contributed by atoms with Crippen molar-refractivity contribution in [3.05, 3.63) is 140 Å². The molecule has 4 heterocycles. The molecule has 0 amide bonds. The molecule has 0 saturated heterocycles. The van der Waals surface area contributed by atoms with Crippen LogP contribution in [0.15, 0.2) is 140 Å². The van der Waals surface area contributed by atoms with Crippen LogP contribution in [0.2, 0.25) is 0 Å². The van der Waals surface area contributed by atoms with Gasteiger partial charge in [-0.2, -0.15) is 23.5 Å². The lowest BCUT2D eigenvalue weighted by Gasteiger charge is -2.12. The monoisotopic (exact) mass is 643 g/mol. The van der Waals surface area contributed by atoms with Gasteiger partial charge in [0.2, 0.25) is 11.9 Å². The zero-order chi connectivity index (χ0) is 31.7. The summed E-state index contributed by atoms with van der Waals surface area (Å²) >= 11 is 0. The van der Waals surface area contributed by atoms with Crippen LogP contribution in [0, 0.1) is 0 Å². The fourth-order valence-corrected chi connectivity index (χ4v) is 6.22. The average Bonchev–Trinajstić information content (AvgIpc) is 3.66. The van der Waals surface area contributed by atoms with Crippen molar-refractivity contribution in [3.8, 4) is 34.7 Å². The first-order chi connectivity index (χ1) is 23.3. The number of rotatable bonds is 4. The predicted octanol–water partition coefficient (Wildman–Crippen LogP) is 9.72. The van der Waals surface area contributed by atoms with Gasteiger partial charge in [0, 0.05) is 45.1 Å². The molecule has 0 spiro atoms. The molecule has 4 aromatic heterocycles. The van der Waals surface area contributed by atoms with Gasteiger partial charge in [-0.1, -0.05) is 129 Å². The molecular weight excluding hydrogens is 611 g/mol. The maximum absolute atomic E-state index is 5.14. The van der Waals surface area contributed by atoms with E-state index in [9.17, 15) is 0 Å². The molecule has 0 fully saturated rings. The Morgan fingerprint density at radius 1 is 0.438 bits per heavy atom. The topological polar surface area (TPSA) is 74.3 Å². The minimum absolute atomic E-state index is 0. The zero-order valence-corrected chi connectivity index (χ0v) is 27.6. The summed E-state index contributed by atoms with van der Waals surface area (Å²) in [5, 5.41) is 4.43. The van der Waals surface area contributed by atoms with Crippen molar-refractivity contribution < 1.29 is 0 Å². The molecule has 0 unspecified atom stereocenters. The van der Waals surface area contributed by atoms with Gasteiger partial charge < -0.3 is 0 Å². The first-order valence-electron chi connectivity index (χ1n) is 15.9. The molecular formula is C40H33N7S. The Kier molecular flexibility index (Phi) is 8.40. The standard InChI is InChI=1S/C37H23N7.C3H8.H2S/c1-3-12-24(13-4-1)34-40-35(25-14-5-2-6-15-25)42-37(41-34)44-31-19-10-8-17-27(31)29-21-20-28-26-16-7-9-18-30(26)43(32(28)33(29)44)36-38-22-11-23-39-36;1-3-2;/h1-23H;3H2,1-2H3;1H2. The van der Waals surface area contributed by atoms with Crippen LogP contribution in [0.25, 0.3) is 78.3 Å². The molecule has 0 aliphatic carbocycles. The van der Waals surface area contributed by atoms with Gasteiger partial charge in [-0.25, -0.2) is 15.0 Å². The molecule has 0 bridgehead atoms. The Balaban J connectivity index is 0.000000880. The van der Waals surface area contributed by atoms with Gasteiger partial charge in [0.15, 0.2) is 11.6 Å². The molecule has 48 heavy (non-hydrogen) atoms. The molecule has 234 valence electrons. The first-order valence-corrected chi connectivity index (χ1v) is 15.9. The molecule has 5 aromatic carbocycles. The van der Waals surface area contributed by atoms with Crippen LogP contribution in [-0.2, 0) is 0 Å². The van der Waals surface area contributed by atoms with E-state index in [0.717, 1.165) is 54.7 Å². The van der Waals surface area contributed by atoms with E-state index in [1.807, 2.05) is 66.7 Å². The Morgan fingerprint density at radius 2 is 0.854 bits per heavy atom. The Morgan fingerprint density at radius 3 is 1.33 bits per heavy atom. The first kappa shape index (κ1) is 30.8. The molecule has 0 radical (unpaired) electrons. The summed E-state index contributed by atoms with van der Waals surface area (Å²) in [5.41, 5.74) is 5.86. The molecule has 8 heteroatoms. The lowest BCUT2D eigenvalue weighted by atomic mass is 10.1. The van der Waals surface area contributed by atoms with E-state index in [0.29, 0.717) is 23.5 Å². The van der Waals surface area contributed by atoms with Gasteiger partial charge in [0.05, 0.1) is 22.1 Å². The van der Waals surface area contributed by atoms with Gasteiger partial charge in [-0.15, -0.1) is 0 Å². The summed E-state index contributed by atoms with van der Waals surface area (Å²) in [7, 11) is 0. The predicted molar refractivity (Wildman–Crippen MR) is 201 cm³/mol. The summed E-state index contributed by atoms with van der Waals surface area (Å²) in [4.78, 5) is 24.6. The smallest absolute Gasteiger partial charge is 0.238 e. The minimum atomic E-state index is 0. The van der Waals surface area contributed by atoms with E-state index in [1.54, 1.807) is 12.4 Å². The van der Waals surface area contributed by atoms with Crippen LogP contribution in [0.1, 0.15) is 20.3 Å².